The van der Waals surface area contributed by atoms with E-state index in [0.717, 1.165) is 16.9 Å². The predicted molar refractivity (Wildman–Crippen MR) is 99.0 cm³/mol. The maximum Gasteiger partial charge on any atom is 0.286 e. The molecule has 4 nitrogen and oxygen atoms in total. The van der Waals surface area contributed by atoms with E-state index >= 15 is 0 Å². The Morgan fingerprint density at radius 3 is 2.75 bits per heavy atom. The summed E-state index contributed by atoms with van der Waals surface area (Å²) in [7, 11) is 1.64. The molecule has 0 aliphatic carbocycles. The van der Waals surface area contributed by atoms with Crippen LogP contribution >= 0.6 is 11.8 Å². The zero-order valence-corrected chi connectivity index (χ0v) is 14.4. The summed E-state index contributed by atoms with van der Waals surface area (Å²) >= 11 is 1.37. The number of aryl methyl sites for hydroxylation is 1. The standard InChI is InChI=1S/C19H18N2O2S/c1-13-6-8-14(9-7-13)11-17-18(22)21-19(24-17)20-12-15-4-3-5-16(10-15)23-2/h3-11H,12H2,1-2H3,(H,20,21,22)/b17-11-. The Morgan fingerprint density at radius 1 is 1.21 bits per heavy atom. The van der Waals surface area contributed by atoms with Crippen LogP contribution in [0.3, 0.4) is 0 Å². The minimum atomic E-state index is -0.200. The number of hydrogen-bond acceptors (Lipinski definition) is 4. The fraction of sp³-hybridized carbons (Fsp3) is 0.158. The lowest BCUT2D eigenvalue weighted by Gasteiger charge is -2.06. The highest BCUT2D eigenvalue weighted by molar-refractivity contribution is 8.18. The summed E-state index contributed by atoms with van der Waals surface area (Å²) in [5.41, 5.74) is 3.27. The molecule has 24 heavy (non-hydrogen) atoms. The Morgan fingerprint density at radius 2 is 2.00 bits per heavy atom. The molecule has 0 unspecified atom stereocenters. The number of methoxy groups -OCH3 is 1. The van der Waals surface area contributed by atoms with Crippen LogP contribution in [0.15, 0.2) is 58.4 Å². The molecular weight excluding hydrogens is 320 g/mol. The first kappa shape index (κ1) is 16.3. The van der Waals surface area contributed by atoms with Gasteiger partial charge >= 0.3 is 0 Å². The molecule has 122 valence electrons. The van der Waals surface area contributed by atoms with Crippen molar-refractivity contribution in [2.75, 3.05) is 7.11 Å². The quantitative estimate of drug-likeness (QED) is 0.862. The Labute approximate surface area is 145 Å². The van der Waals surface area contributed by atoms with Crippen molar-refractivity contribution in [2.45, 2.75) is 13.5 Å². The summed E-state index contributed by atoms with van der Waals surface area (Å²) in [5, 5.41) is 3.83. The first-order valence-corrected chi connectivity index (χ1v) is 8.42. The molecule has 0 radical (unpaired) electrons. The van der Waals surface area contributed by atoms with Crippen molar-refractivity contribution in [3.8, 4) is 5.75 Å². The van der Waals surface area contributed by atoms with Crippen LogP contribution in [0.2, 0.25) is 0 Å². The Bertz CT molecular complexity index is 810. The molecule has 2 aromatic carbocycles. The first-order chi connectivity index (χ1) is 11.6. The zero-order valence-electron chi connectivity index (χ0n) is 13.6. The molecule has 0 spiro atoms. The molecule has 0 saturated carbocycles. The third-order valence-corrected chi connectivity index (χ3v) is 4.51. The minimum absolute atomic E-state index is 0.200. The van der Waals surface area contributed by atoms with Crippen molar-refractivity contribution >= 4 is 28.9 Å². The molecule has 5 heteroatoms. The molecule has 1 amide bonds. The molecule has 1 aliphatic heterocycles. The Hall–Kier alpha value is -2.53. The highest BCUT2D eigenvalue weighted by Gasteiger charge is 2.21. The Kier molecular flexibility index (Phi) is 5.01. The molecular formula is C19H18N2O2S. The smallest absolute Gasteiger partial charge is 0.286 e. The number of aliphatic imine (C=N–C) groups is 1. The summed E-state index contributed by atoms with van der Waals surface area (Å²) < 4.78 is 5.21. The van der Waals surface area contributed by atoms with Crippen LogP contribution in [0.1, 0.15) is 16.7 Å². The van der Waals surface area contributed by atoms with Crippen LogP contribution in [-0.2, 0) is 11.3 Å². The fourth-order valence-corrected chi connectivity index (χ4v) is 3.07. The molecule has 3 rings (SSSR count). The highest BCUT2D eigenvalue weighted by Crippen LogP contribution is 2.27. The van der Waals surface area contributed by atoms with Crippen molar-refractivity contribution in [3.63, 3.8) is 0 Å². The molecule has 1 N–H and O–H groups in total. The number of ether oxygens (including phenoxy) is 1. The monoisotopic (exact) mass is 338 g/mol. The van der Waals surface area contributed by atoms with Gasteiger partial charge in [-0.2, -0.15) is 4.99 Å². The molecule has 0 aromatic heterocycles. The van der Waals surface area contributed by atoms with E-state index in [9.17, 15) is 4.79 Å². The van der Waals surface area contributed by atoms with Gasteiger partial charge in [-0.15, -0.1) is 0 Å². The second-order valence-electron chi connectivity index (χ2n) is 5.45. The van der Waals surface area contributed by atoms with E-state index < -0.39 is 0 Å². The third-order valence-electron chi connectivity index (χ3n) is 3.57. The van der Waals surface area contributed by atoms with Gasteiger partial charge in [0.05, 0.1) is 12.0 Å². The second kappa shape index (κ2) is 7.36. The molecule has 2 aromatic rings. The van der Waals surface area contributed by atoms with Crippen molar-refractivity contribution in [2.24, 2.45) is 4.99 Å². The van der Waals surface area contributed by atoms with E-state index in [0.29, 0.717) is 16.6 Å². The molecule has 0 atom stereocenters. The van der Waals surface area contributed by atoms with Crippen molar-refractivity contribution in [3.05, 3.63) is 70.1 Å². The van der Waals surface area contributed by atoms with Crippen LogP contribution in [0.25, 0.3) is 6.08 Å². The van der Waals surface area contributed by atoms with E-state index in [-0.39, 0.29) is 5.91 Å². The van der Waals surface area contributed by atoms with Crippen LogP contribution in [0, 0.1) is 6.92 Å². The van der Waals surface area contributed by atoms with Crippen molar-refractivity contribution < 1.29 is 9.53 Å². The average Bonchev–Trinajstić information content (AvgIpc) is 2.95. The van der Waals surface area contributed by atoms with Crippen LogP contribution < -0.4 is 10.1 Å². The lowest BCUT2D eigenvalue weighted by atomic mass is 10.1. The third kappa shape index (κ3) is 4.06. The van der Waals surface area contributed by atoms with Crippen LogP contribution in [0.5, 0.6) is 5.75 Å². The number of amides is 1. The lowest BCUT2D eigenvalue weighted by molar-refractivity contribution is -0.113. The molecule has 0 saturated heterocycles. The summed E-state index contributed by atoms with van der Waals surface area (Å²) in [6, 6.07) is 15.8. The predicted octanol–water partition coefficient (Wildman–Crippen LogP) is 3.76. The number of thioether (sulfide) groups is 1. The van der Waals surface area contributed by atoms with Crippen LogP contribution in [0.4, 0.5) is 0 Å². The van der Waals surface area contributed by atoms with Gasteiger partial charge < -0.3 is 10.1 Å². The number of nitrogens with one attached hydrogen (secondary N) is 1. The summed E-state index contributed by atoms with van der Waals surface area (Å²) in [4.78, 5) is 16.7. The molecule has 0 bridgehead atoms. The Balaban J connectivity index is 1.63. The number of hydrogen-bond donors (Lipinski definition) is 1. The fourth-order valence-electron chi connectivity index (χ4n) is 2.26. The van der Waals surface area contributed by atoms with Gasteiger partial charge in [-0.1, -0.05) is 42.0 Å². The van der Waals surface area contributed by atoms with Gasteiger partial charge in [-0.05, 0) is 48.0 Å². The van der Waals surface area contributed by atoms with Gasteiger partial charge in [0.15, 0.2) is 5.17 Å². The number of amidine groups is 1. The number of nitrogens with zero attached hydrogens (tertiary/aromatic N) is 1. The second-order valence-corrected chi connectivity index (χ2v) is 6.48. The van der Waals surface area contributed by atoms with Gasteiger partial charge in [0.2, 0.25) is 0 Å². The highest BCUT2D eigenvalue weighted by atomic mass is 32.2. The normalized spacial score (nSPS) is 15.5. The maximum absolute atomic E-state index is 12.0. The number of benzene rings is 2. The average molecular weight is 338 g/mol. The number of rotatable bonds is 4. The molecule has 0 fully saturated rings. The van der Waals surface area contributed by atoms with Crippen molar-refractivity contribution in [1.82, 2.24) is 5.32 Å². The minimum Gasteiger partial charge on any atom is -0.497 e. The van der Waals surface area contributed by atoms with E-state index in [1.165, 1.54) is 17.3 Å². The number of carbonyl (C=O) groups is 1. The summed E-state index contributed by atoms with van der Waals surface area (Å²) in [6.07, 6.45) is 1.87. The SMILES string of the molecule is COc1cccc(CNC2=NC(=O)/C(=C/c3ccc(C)cc3)S2)c1. The summed E-state index contributed by atoms with van der Waals surface area (Å²) in [5.74, 6) is 0.611. The molecule has 1 heterocycles. The van der Waals surface area contributed by atoms with Crippen molar-refractivity contribution in [1.29, 1.82) is 0 Å². The largest absolute Gasteiger partial charge is 0.497 e. The van der Waals surface area contributed by atoms with Gasteiger partial charge in [-0.25, -0.2) is 0 Å². The first-order valence-electron chi connectivity index (χ1n) is 7.60. The van der Waals surface area contributed by atoms with E-state index in [4.69, 9.17) is 4.74 Å². The van der Waals surface area contributed by atoms with E-state index in [1.807, 2.05) is 61.5 Å². The molecule has 1 aliphatic rings. The van der Waals surface area contributed by atoms with E-state index in [2.05, 4.69) is 10.3 Å². The van der Waals surface area contributed by atoms with Gasteiger partial charge in [-0.3, -0.25) is 4.79 Å². The van der Waals surface area contributed by atoms with Crippen LogP contribution in [-0.4, -0.2) is 18.2 Å². The summed E-state index contributed by atoms with van der Waals surface area (Å²) in [6.45, 7) is 2.63. The van der Waals surface area contributed by atoms with Gasteiger partial charge in [0, 0.05) is 6.54 Å². The maximum atomic E-state index is 12.0. The topological polar surface area (TPSA) is 50.7 Å². The lowest BCUT2D eigenvalue weighted by Crippen LogP contribution is -2.18. The van der Waals surface area contributed by atoms with Gasteiger partial charge in [0.25, 0.3) is 5.91 Å². The van der Waals surface area contributed by atoms with E-state index in [1.54, 1.807) is 7.11 Å². The number of carbonyl (C=O) groups excluding carboxylic acids is 1. The zero-order chi connectivity index (χ0) is 16.9. The van der Waals surface area contributed by atoms with Gasteiger partial charge in [0.1, 0.15) is 5.75 Å².